The van der Waals surface area contributed by atoms with Crippen molar-refractivity contribution in [1.29, 1.82) is 0 Å². The zero-order valence-electron chi connectivity index (χ0n) is 61.5. The van der Waals surface area contributed by atoms with Crippen molar-refractivity contribution in [1.82, 2.24) is 4.98 Å². The Morgan fingerprint density at radius 3 is 0.439 bits per heavy atom. The van der Waals surface area contributed by atoms with E-state index in [4.69, 9.17) is 40.8 Å². The van der Waals surface area contributed by atoms with Gasteiger partial charge in [0.25, 0.3) is 0 Å². The molecule has 2 aromatic carbocycles. The third kappa shape index (κ3) is 120. The Morgan fingerprint density at radius 1 is 0.189 bits per heavy atom. The number of nitrogens with zero attached hydrogens (tertiary/aromatic N) is 1. The normalized spacial score (nSPS) is 8.82. The van der Waals surface area contributed by atoms with E-state index in [9.17, 15) is 0 Å². The summed E-state index contributed by atoms with van der Waals surface area (Å²) in [6, 6.07) is 7.54. The van der Waals surface area contributed by atoms with Crippen LogP contribution in [0.1, 0.15) is 12.4 Å². The highest BCUT2D eigenvalue weighted by Gasteiger charge is 2.05. The quantitative estimate of drug-likeness (QED) is 0.355. The molecule has 0 aliphatic rings. The molecule has 0 saturated carbocycles. The molecule has 0 unspecified atom stereocenters. The fraction of sp³-hybridized carbons (Fsp3) is 0.0556. The number of hydrogen-bond donors (Lipinski definition) is 0. The van der Waals surface area contributed by atoms with Crippen molar-refractivity contribution < 1.29 is 6.85 Å². The zero-order chi connectivity index (χ0) is 98.1. The molecule has 1 heterocycles. The first-order chi connectivity index (χ1) is 67.7. The lowest BCUT2D eigenvalue weighted by Crippen LogP contribution is -1.89. The molecule has 3 aromatic rings. The summed E-state index contributed by atoms with van der Waals surface area (Å²) in [7, 11) is 199. The molecule has 0 atom stereocenters. The summed E-state index contributed by atoms with van der Waals surface area (Å²) in [6.45, 7) is 1.83. The van der Waals surface area contributed by atoms with Gasteiger partial charge in [-0.05, 0) is 36.2 Å². The standard InChI is InChI=1S/C18H14ClN.S112/c1-13-11-18(15-7-9-16(19)10-8-15)20-12-17(13)14-5-3-2-4-6-14;1-3-5-7-9-11-13-15-17-19-21-23-25-27-29-31-33-35-37-39-41-43-45-47-49-51-53-55-57-59-61-63-65-67-69-71-73-75-77-79-81-83-85-87-89-91-93-95-97-99-101-103-105-107-109-111-112-110-108-106-104-102-100-98-96-94-92-90-88-86-84-82-80-78-76-74-72-70-68-66-64-62-60-58-56-54-52-50-48-46-44-42-40-38-36-34-32-30-28-26-24-22-20-18-16-14-12-10-8-6-4-2/h2-12H,1H3;/i2D,3D,4D,5D,6D;. The van der Waals surface area contributed by atoms with Gasteiger partial charge in [-0.15, -0.1) is 0 Å². The third-order valence-electron chi connectivity index (χ3n) is 6.05. The number of hydrogen-bond acceptors (Lipinski definition) is 3. The number of aromatic nitrogens is 1. The first-order valence-electron chi connectivity index (χ1n) is 27.1. The summed E-state index contributed by atoms with van der Waals surface area (Å²) in [5.74, 6) is 0. The SMILES string of the molecule is S=S=S=S=S=S=S=S=S=S=S=S=S=S=S=S=S=S=S=S=S=S=S=S=S=S=S=S=S=S=S=S=S=S=S=S=S=S=S=S=S=S=S=S=S=S=S=S=S=S=S=S=S=S=S=S=S=S=S=S=S=S=S=S=S=S=S=S=S=S=S=S=S=S=S=S=S=S=S=S=S=S=S=S=S=S=S=S=S=S=S=S=S=S=S=S=S=S=S=S=S=S=S=S=S=S=S=S=S=S=S=S.[2H]c1c([2H])c([2H])c(-c2cnc(-c3ccc(Cl)cc3)cc2C)c([2H])c1[2H]. The Balaban J connectivity index is 0.00000215. The second kappa shape index (κ2) is 135. The van der Waals surface area contributed by atoms with Gasteiger partial charge in [0.15, 0.2) is 0 Å². The van der Waals surface area contributed by atoms with E-state index < -0.39 is 6.04 Å². The predicted molar refractivity (Wildman–Crippen MR) is 910 cm³/mol. The Morgan fingerprint density at radius 2 is 0.318 bits per heavy atom. The van der Waals surface area contributed by atoms with E-state index in [1.807, 2.05) is 878 Å². The van der Waals surface area contributed by atoms with Crippen molar-refractivity contribution in [3.05, 3.63) is 77.3 Å². The fourth-order valence-electron chi connectivity index (χ4n) is 3.21. The van der Waals surface area contributed by atoms with Crippen molar-refractivity contribution in [2.45, 2.75) is 6.92 Å². The van der Waals surface area contributed by atoms with E-state index in [-0.39, 0.29) is 29.7 Å². The molecule has 1 nitrogen and oxygen atoms in total. The smallest absolute Gasteiger partial charge is 0.0705 e. The average Bonchev–Trinajstić information content (AvgIpc) is 0.769. The average molecular weight is 3880 g/mol. The Hall–Kier alpha value is 22.5. The van der Waals surface area contributed by atoms with E-state index in [0.29, 0.717) is 10.6 Å². The molecular formula is C18H14ClNS112. The van der Waals surface area contributed by atoms with Crippen molar-refractivity contribution >= 4 is 1010 Å². The lowest BCUT2D eigenvalue weighted by molar-refractivity contribution is 1.29. The van der Waals surface area contributed by atoms with Gasteiger partial charge in [0, 0.05) is 1020 Å². The van der Waals surface area contributed by atoms with Gasteiger partial charge in [0.2, 0.25) is 0 Å². The van der Waals surface area contributed by atoms with Gasteiger partial charge in [-0.1, -0.05) is 53.9 Å². The Bertz CT molecular complexity index is 10200. The Kier molecular flexibility index (Phi) is 145. The molecule has 0 spiro atoms. The highest BCUT2D eigenvalue weighted by molar-refractivity contribution is 8.88. The molecule has 3 rings (SSSR count). The van der Waals surface area contributed by atoms with Crippen LogP contribution in [0.25, 0.3) is 22.4 Å². The maximum absolute atomic E-state index is 8.10. The second-order valence-corrected chi connectivity index (χ2v) is 207. The molecule has 132 heavy (non-hydrogen) atoms. The van der Waals surface area contributed by atoms with E-state index in [1.54, 1.807) is 125 Å². The van der Waals surface area contributed by atoms with E-state index in [1.165, 1.54) is 17.8 Å². The highest BCUT2D eigenvalue weighted by Crippen LogP contribution is 2.27. The molecule has 0 bridgehead atoms. The summed E-state index contributed by atoms with van der Waals surface area (Å²) in [5.41, 5.74) is 3.08. The fourth-order valence-corrected chi connectivity index (χ4v) is 300. The number of benzene rings is 2. The van der Waals surface area contributed by atoms with Crippen LogP contribution in [0.3, 0.4) is 0 Å². The van der Waals surface area contributed by atoms with Gasteiger partial charge in [-0.2, -0.15) is 0 Å². The van der Waals surface area contributed by atoms with Crippen molar-refractivity contribution in [3.63, 3.8) is 0 Å². The molecule has 0 N–H and O–H groups in total. The minimum atomic E-state index is -0.401. The maximum atomic E-state index is 8.10. The summed E-state index contributed by atoms with van der Waals surface area (Å²) in [4.78, 5) is 4.40. The van der Waals surface area contributed by atoms with E-state index >= 15 is 0 Å². The molecule has 0 amide bonds. The van der Waals surface area contributed by atoms with Crippen LogP contribution >= 0.6 is 11.6 Å². The first-order valence-corrected chi connectivity index (χ1v) is 173. The zero-order valence-corrected chi connectivity index (χ0v) is 149. The van der Waals surface area contributed by atoms with Crippen LogP contribution < -0.4 is 0 Å². The summed E-state index contributed by atoms with van der Waals surface area (Å²) >= 11 is 15.6. The highest BCUT2D eigenvalue weighted by atomic mass is 35.5. The molecule has 0 aliphatic heterocycles. The minimum absolute atomic E-state index is 0.165. The number of pyridine rings is 1. The van der Waals surface area contributed by atoms with Crippen LogP contribution in [0.2, 0.25) is 5.02 Å². The van der Waals surface area contributed by atoms with Crippen LogP contribution in [0.4, 0.5) is 0 Å². The number of rotatable bonds is 2. The number of aryl methyl sites for hydroxylation is 1. The lowest BCUT2D eigenvalue weighted by atomic mass is 10.0. The number of halogens is 1. The molecule has 0 aliphatic carbocycles. The second-order valence-electron chi connectivity index (χ2n) is 11.9. The largest absolute Gasteiger partial charge is 0.256 e. The topological polar surface area (TPSA) is 12.9 Å². The third-order valence-corrected chi connectivity index (χ3v) is 249. The van der Waals surface area contributed by atoms with Crippen LogP contribution in [0.15, 0.2) is 66.7 Å². The van der Waals surface area contributed by atoms with E-state index in [0.717, 1.165) is 16.8 Å². The predicted octanol–water partition coefficient (Wildman–Crippen LogP) is 5.11. The summed E-state index contributed by atoms with van der Waals surface area (Å²) in [6.07, 6.45) is 1.55. The summed E-state index contributed by atoms with van der Waals surface area (Å²) in [5, 5.41) is 0.635. The molecular weight excluding hydrogens is 3860 g/mol. The van der Waals surface area contributed by atoms with Crippen molar-refractivity contribution in [2.24, 2.45) is 0 Å². The van der Waals surface area contributed by atoms with Crippen molar-refractivity contribution in [2.75, 3.05) is 0 Å². The monoisotopic (exact) mass is 3860 g/mol. The van der Waals surface area contributed by atoms with Gasteiger partial charge in [-0.3, -0.25) is 4.98 Å². The van der Waals surface area contributed by atoms with Gasteiger partial charge in [-0.25, -0.2) is 0 Å². The summed E-state index contributed by atoms with van der Waals surface area (Å²) < 4.78 is 39.5. The molecule has 770 valence electrons. The molecule has 1 aromatic heterocycles. The van der Waals surface area contributed by atoms with Crippen LogP contribution in [-0.4, -0.2) is 4.98 Å². The Labute approximate surface area is 1100 Å². The van der Waals surface area contributed by atoms with Gasteiger partial charge >= 0.3 is 0 Å². The van der Waals surface area contributed by atoms with Gasteiger partial charge < -0.3 is 0 Å². The van der Waals surface area contributed by atoms with Crippen LogP contribution in [-0.2, 0) is 999 Å². The van der Waals surface area contributed by atoms with Crippen LogP contribution in [0.5, 0.6) is 0 Å². The van der Waals surface area contributed by atoms with Crippen LogP contribution in [0, 0.1) is 6.92 Å². The molecule has 0 fully saturated rings. The molecule has 0 saturated heterocycles. The molecule has 0 radical (unpaired) electrons. The minimum Gasteiger partial charge on any atom is -0.256 e. The lowest BCUT2D eigenvalue weighted by Gasteiger charge is -2.08. The maximum Gasteiger partial charge on any atom is 0.0705 e. The van der Waals surface area contributed by atoms with Gasteiger partial charge in [0.05, 0.1) is 12.5 Å². The van der Waals surface area contributed by atoms with Gasteiger partial charge in [0.1, 0.15) is 0 Å². The van der Waals surface area contributed by atoms with E-state index in [2.05, 4.69) is 4.98 Å². The van der Waals surface area contributed by atoms with Crippen molar-refractivity contribution in [3.8, 4) is 22.4 Å². The molecule has 114 heteroatoms. The first kappa shape index (κ1) is 141.